The molecule has 3 heterocycles. The summed E-state index contributed by atoms with van der Waals surface area (Å²) in [6.45, 7) is 5.08. The van der Waals surface area contributed by atoms with Gasteiger partial charge in [0, 0.05) is 40.7 Å². The van der Waals surface area contributed by atoms with Gasteiger partial charge >= 0.3 is 0 Å². The molecule has 0 spiro atoms. The molecule has 6 nitrogen and oxygen atoms in total. The third kappa shape index (κ3) is 3.89. The number of nitrogens with one attached hydrogen (secondary N) is 2. The fourth-order valence-corrected chi connectivity index (χ4v) is 4.37. The zero-order chi connectivity index (χ0) is 23.2. The zero-order valence-corrected chi connectivity index (χ0v) is 18.4. The Balaban J connectivity index is 1.48. The average molecular weight is 445 g/mol. The van der Waals surface area contributed by atoms with Crippen molar-refractivity contribution in [3.05, 3.63) is 87.6 Å². The average Bonchev–Trinajstić information content (AvgIpc) is 3.34. The maximum absolute atomic E-state index is 15.0. The van der Waals surface area contributed by atoms with Crippen molar-refractivity contribution in [3.8, 4) is 0 Å². The maximum Gasteiger partial charge on any atom is 0.255 e. The van der Waals surface area contributed by atoms with Gasteiger partial charge in [0.2, 0.25) is 0 Å². The van der Waals surface area contributed by atoms with Gasteiger partial charge in [0.25, 0.3) is 5.91 Å². The van der Waals surface area contributed by atoms with Crippen LogP contribution < -0.4 is 10.7 Å². The third-order valence-electron chi connectivity index (χ3n) is 6.31. The molecule has 2 aromatic heterocycles. The number of hydrogen-bond donors (Lipinski definition) is 2. The third-order valence-corrected chi connectivity index (χ3v) is 6.31. The molecule has 1 atom stereocenters. The molecule has 0 bridgehead atoms. The fourth-order valence-electron chi connectivity index (χ4n) is 4.37. The van der Waals surface area contributed by atoms with Crippen LogP contribution in [0.2, 0.25) is 0 Å². The van der Waals surface area contributed by atoms with Crippen LogP contribution >= 0.6 is 0 Å². The highest BCUT2D eigenvalue weighted by atomic mass is 19.1. The van der Waals surface area contributed by atoms with Crippen LogP contribution in [-0.2, 0) is 10.3 Å². The van der Waals surface area contributed by atoms with Crippen LogP contribution in [0.15, 0.2) is 59.5 Å². The van der Waals surface area contributed by atoms with Gasteiger partial charge in [0.05, 0.1) is 23.2 Å². The number of carbonyl (C=O) groups is 1. The number of aromatic nitrogens is 2. The number of benzene rings is 2. The number of rotatable bonds is 4. The van der Waals surface area contributed by atoms with Gasteiger partial charge < -0.3 is 15.0 Å². The molecule has 1 aliphatic heterocycles. The smallest absolute Gasteiger partial charge is 0.255 e. The molecule has 4 aromatic rings. The van der Waals surface area contributed by atoms with E-state index < -0.39 is 17.3 Å². The van der Waals surface area contributed by atoms with Crippen molar-refractivity contribution in [2.75, 3.05) is 13.2 Å². The number of fused-ring (bicyclic) bond motifs is 2. The quantitative estimate of drug-likeness (QED) is 0.457. The van der Waals surface area contributed by atoms with E-state index in [2.05, 4.69) is 15.3 Å². The van der Waals surface area contributed by atoms with Gasteiger partial charge in [-0.3, -0.25) is 14.6 Å². The number of hydrogen-bond acceptors (Lipinski definition) is 4. The van der Waals surface area contributed by atoms with Crippen molar-refractivity contribution in [2.24, 2.45) is 0 Å². The van der Waals surface area contributed by atoms with Crippen LogP contribution in [-0.4, -0.2) is 29.1 Å². The summed E-state index contributed by atoms with van der Waals surface area (Å²) in [5, 5.41) is 3.62. The second-order valence-electron chi connectivity index (χ2n) is 8.99. The summed E-state index contributed by atoms with van der Waals surface area (Å²) in [7, 11) is 0. The second kappa shape index (κ2) is 8.08. The van der Waals surface area contributed by atoms with Crippen LogP contribution in [0.25, 0.3) is 21.8 Å². The molecule has 168 valence electrons. The van der Waals surface area contributed by atoms with E-state index in [4.69, 9.17) is 4.74 Å². The van der Waals surface area contributed by atoms with E-state index in [1.54, 1.807) is 24.4 Å². The first-order chi connectivity index (χ1) is 15.8. The number of para-hydroxylation sites is 1. The summed E-state index contributed by atoms with van der Waals surface area (Å²) in [5.74, 6) is -1.06. The number of halogens is 1. The van der Waals surface area contributed by atoms with Crippen molar-refractivity contribution >= 4 is 27.7 Å². The van der Waals surface area contributed by atoms with Gasteiger partial charge in [0.1, 0.15) is 5.82 Å². The Hall–Kier alpha value is -3.58. The Bertz CT molecular complexity index is 1440. The highest BCUT2D eigenvalue weighted by Gasteiger charge is 2.27. The Labute approximate surface area is 189 Å². The Kier molecular flexibility index (Phi) is 5.21. The molecular weight excluding hydrogens is 421 g/mol. The zero-order valence-electron chi connectivity index (χ0n) is 18.4. The van der Waals surface area contributed by atoms with Gasteiger partial charge in [-0.05, 0) is 62.2 Å². The summed E-state index contributed by atoms with van der Waals surface area (Å²) in [4.78, 5) is 33.5. The predicted octanol–water partition coefficient (Wildman–Crippen LogP) is 4.38. The minimum atomic E-state index is -0.771. The molecular formula is C26H24FN3O3. The summed E-state index contributed by atoms with van der Waals surface area (Å²) >= 11 is 0. The van der Waals surface area contributed by atoms with Gasteiger partial charge in [-0.1, -0.05) is 12.1 Å². The van der Waals surface area contributed by atoms with E-state index in [0.717, 1.165) is 30.4 Å². The van der Waals surface area contributed by atoms with Crippen molar-refractivity contribution in [3.63, 3.8) is 0 Å². The Morgan fingerprint density at radius 2 is 1.97 bits per heavy atom. The first-order valence-electron chi connectivity index (χ1n) is 10.9. The van der Waals surface area contributed by atoms with E-state index in [1.807, 2.05) is 32.0 Å². The van der Waals surface area contributed by atoms with Crippen molar-refractivity contribution < 1.29 is 13.9 Å². The van der Waals surface area contributed by atoms with E-state index in [9.17, 15) is 14.0 Å². The minimum Gasteiger partial charge on any atom is -0.381 e. The van der Waals surface area contributed by atoms with Crippen molar-refractivity contribution in [1.29, 1.82) is 0 Å². The number of H-pyrrole nitrogens is 1. The van der Waals surface area contributed by atoms with Crippen LogP contribution in [0.1, 0.15) is 47.8 Å². The van der Waals surface area contributed by atoms with Crippen LogP contribution in [0.4, 0.5) is 4.39 Å². The number of amides is 1. The van der Waals surface area contributed by atoms with Crippen LogP contribution in [0.3, 0.4) is 0 Å². The Morgan fingerprint density at radius 1 is 1.15 bits per heavy atom. The molecule has 5 rings (SSSR count). The van der Waals surface area contributed by atoms with Gasteiger partial charge in [-0.25, -0.2) is 4.39 Å². The molecule has 1 saturated heterocycles. The lowest BCUT2D eigenvalue weighted by Crippen LogP contribution is -2.41. The van der Waals surface area contributed by atoms with Crippen LogP contribution in [0, 0.1) is 5.82 Å². The molecule has 2 N–H and O–H groups in total. The van der Waals surface area contributed by atoms with E-state index in [-0.39, 0.29) is 22.3 Å². The number of ether oxygens (including phenoxy) is 1. The van der Waals surface area contributed by atoms with Gasteiger partial charge in [-0.2, -0.15) is 0 Å². The SMILES string of the molecule is CC(C)(NC(=O)c1cc2[nH]c3ccccc3c(=O)c2cc1F)c1ccnc(C2CCOC2)c1. The van der Waals surface area contributed by atoms with Crippen molar-refractivity contribution in [1.82, 2.24) is 15.3 Å². The fraction of sp³-hybridized carbons (Fsp3) is 0.269. The minimum absolute atomic E-state index is 0.125. The summed E-state index contributed by atoms with van der Waals surface area (Å²) < 4.78 is 20.4. The number of pyridine rings is 2. The first kappa shape index (κ1) is 21.3. The molecule has 1 amide bonds. The number of aromatic amines is 1. The second-order valence-corrected chi connectivity index (χ2v) is 8.99. The first-order valence-corrected chi connectivity index (χ1v) is 10.9. The molecule has 33 heavy (non-hydrogen) atoms. The van der Waals surface area contributed by atoms with Gasteiger partial charge in [0.15, 0.2) is 5.43 Å². The van der Waals surface area contributed by atoms with E-state index in [0.29, 0.717) is 23.0 Å². The lowest BCUT2D eigenvalue weighted by atomic mass is 9.91. The van der Waals surface area contributed by atoms with Crippen LogP contribution in [0.5, 0.6) is 0 Å². The molecule has 1 unspecified atom stereocenters. The number of carbonyl (C=O) groups excluding carboxylic acids is 1. The van der Waals surface area contributed by atoms with E-state index in [1.165, 1.54) is 6.07 Å². The topological polar surface area (TPSA) is 84.1 Å². The maximum atomic E-state index is 15.0. The molecule has 0 saturated carbocycles. The molecule has 0 radical (unpaired) electrons. The molecule has 7 heteroatoms. The Morgan fingerprint density at radius 3 is 2.76 bits per heavy atom. The molecule has 0 aliphatic carbocycles. The van der Waals surface area contributed by atoms with E-state index >= 15 is 0 Å². The summed E-state index contributed by atoms with van der Waals surface area (Å²) in [5.41, 5.74) is 1.67. The summed E-state index contributed by atoms with van der Waals surface area (Å²) in [6.07, 6.45) is 2.64. The lowest BCUT2D eigenvalue weighted by molar-refractivity contribution is 0.0908. The molecule has 2 aromatic carbocycles. The normalized spacial score (nSPS) is 16.4. The van der Waals surface area contributed by atoms with Gasteiger partial charge in [-0.15, -0.1) is 0 Å². The summed E-state index contributed by atoms with van der Waals surface area (Å²) in [6, 6.07) is 13.4. The monoisotopic (exact) mass is 445 g/mol. The molecule has 1 aliphatic rings. The highest BCUT2D eigenvalue weighted by molar-refractivity contribution is 6.00. The number of nitrogens with zero attached hydrogens (tertiary/aromatic N) is 1. The highest BCUT2D eigenvalue weighted by Crippen LogP contribution is 2.28. The predicted molar refractivity (Wildman–Crippen MR) is 125 cm³/mol. The largest absolute Gasteiger partial charge is 0.381 e. The lowest BCUT2D eigenvalue weighted by Gasteiger charge is -2.28. The standard InChI is InChI=1S/C26H24FN3O3/c1-26(2,16-7-9-28-22(11-16)15-8-10-33-14-15)30-25(32)18-13-23-19(12-20(18)27)24(31)17-5-3-4-6-21(17)29-23/h3-7,9,11-13,15H,8,10,14H2,1-2H3,(H,29,31)(H,30,32). The molecule has 1 fully saturated rings. The van der Waals surface area contributed by atoms with Crippen molar-refractivity contribution in [2.45, 2.75) is 31.7 Å².